The molecule has 1 aromatic rings. The second-order valence-electron chi connectivity index (χ2n) is 3.88. The molecule has 0 radical (unpaired) electrons. The summed E-state index contributed by atoms with van der Waals surface area (Å²) in [5.74, 6) is -0.0678. The number of aromatic hydroxyl groups is 1. The third-order valence-electron chi connectivity index (χ3n) is 2.44. The Hall–Kier alpha value is -1.75. The third-order valence-corrected chi connectivity index (χ3v) is 2.44. The molecule has 0 amide bonds. The third kappa shape index (κ3) is 4.32. The van der Waals surface area contributed by atoms with Crippen LogP contribution < -0.4 is 4.74 Å². The van der Waals surface area contributed by atoms with Gasteiger partial charge in [-0.2, -0.15) is 0 Å². The molecular formula is C12H17NO4. The van der Waals surface area contributed by atoms with E-state index in [0.717, 1.165) is 5.56 Å². The number of rotatable bonds is 6. The van der Waals surface area contributed by atoms with Gasteiger partial charge in [-0.15, -0.1) is 0 Å². The minimum absolute atomic E-state index is 0.0907. The Kier molecular flexibility index (Phi) is 4.78. The summed E-state index contributed by atoms with van der Waals surface area (Å²) in [6.45, 7) is 0.948. The van der Waals surface area contributed by atoms with Crippen molar-refractivity contribution in [2.24, 2.45) is 0 Å². The molecule has 0 fully saturated rings. The van der Waals surface area contributed by atoms with Crippen molar-refractivity contribution in [1.29, 1.82) is 0 Å². The van der Waals surface area contributed by atoms with Crippen LogP contribution in [0.15, 0.2) is 18.2 Å². The molecule has 0 heterocycles. The molecule has 0 aliphatic carbocycles. The second-order valence-corrected chi connectivity index (χ2v) is 3.88. The summed E-state index contributed by atoms with van der Waals surface area (Å²) in [6.07, 6.45) is 0.0907. The first-order valence-corrected chi connectivity index (χ1v) is 5.29. The Balaban J connectivity index is 2.59. The Morgan fingerprint density at radius 3 is 2.71 bits per heavy atom. The SMILES string of the molecule is COc1ccc(CN(C)CCC(=O)O)c(O)c1. The monoisotopic (exact) mass is 239 g/mol. The molecule has 94 valence electrons. The smallest absolute Gasteiger partial charge is 0.304 e. The molecule has 5 heteroatoms. The molecule has 0 spiro atoms. The number of hydrogen-bond donors (Lipinski definition) is 2. The lowest BCUT2D eigenvalue weighted by Gasteiger charge is -2.16. The number of carboxylic acids is 1. The van der Waals surface area contributed by atoms with Gasteiger partial charge in [0.1, 0.15) is 11.5 Å². The van der Waals surface area contributed by atoms with Crippen LogP contribution in [0.4, 0.5) is 0 Å². The van der Waals surface area contributed by atoms with E-state index in [1.54, 1.807) is 18.2 Å². The minimum Gasteiger partial charge on any atom is -0.507 e. The molecule has 5 nitrogen and oxygen atoms in total. The average Bonchev–Trinajstić information content (AvgIpc) is 2.29. The van der Waals surface area contributed by atoms with Gasteiger partial charge in [0, 0.05) is 24.7 Å². The lowest BCUT2D eigenvalue weighted by molar-refractivity contribution is -0.137. The molecule has 0 bridgehead atoms. The van der Waals surface area contributed by atoms with Gasteiger partial charge < -0.3 is 19.8 Å². The zero-order valence-corrected chi connectivity index (χ0v) is 10.0. The zero-order chi connectivity index (χ0) is 12.8. The van der Waals surface area contributed by atoms with Crippen molar-refractivity contribution in [3.8, 4) is 11.5 Å². The van der Waals surface area contributed by atoms with E-state index < -0.39 is 5.97 Å². The summed E-state index contributed by atoms with van der Waals surface area (Å²) in [5.41, 5.74) is 0.749. The van der Waals surface area contributed by atoms with Crippen molar-refractivity contribution < 1.29 is 19.7 Å². The van der Waals surface area contributed by atoms with Crippen LogP contribution in [0.25, 0.3) is 0 Å². The van der Waals surface area contributed by atoms with Crippen LogP contribution in [0.1, 0.15) is 12.0 Å². The van der Waals surface area contributed by atoms with Crippen LogP contribution in [-0.2, 0) is 11.3 Å². The molecule has 0 unspecified atom stereocenters. The maximum absolute atomic E-state index is 10.4. The van der Waals surface area contributed by atoms with Gasteiger partial charge in [0.2, 0.25) is 0 Å². The lowest BCUT2D eigenvalue weighted by Crippen LogP contribution is -2.21. The van der Waals surface area contributed by atoms with Crippen molar-refractivity contribution in [1.82, 2.24) is 4.90 Å². The highest BCUT2D eigenvalue weighted by Crippen LogP contribution is 2.24. The molecule has 1 aromatic carbocycles. The average molecular weight is 239 g/mol. The van der Waals surface area contributed by atoms with Crippen molar-refractivity contribution in [3.63, 3.8) is 0 Å². The van der Waals surface area contributed by atoms with E-state index in [2.05, 4.69) is 0 Å². The van der Waals surface area contributed by atoms with Crippen LogP contribution >= 0.6 is 0 Å². The van der Waals surface area contributed by atoms with Gasteiger partial charge in [-0.1, -0.05) is 6.07 Å². The van der Waals surface area contributed by atoms with Gasteiger partial charge in [0.15, 0.2) is 0 Å². The minimum atomic E-state index is -0.823. The number of phenolic OH excluding ortho intramolecular Hbond substituents is 1. The first-order chi connectivity index (χ1) is 8.02. The number of hydrogen-bond acceptors (Lipinski definition) is 4. The van der Waals surface area contributed by atoms with E-state index in [0.29, 0.717) is 18.8 Å². The predicted molar refractivity (Wildman–Crippen MR) is 63.2 cm³/mol. The summed E-state index contributed by atoms with van der Waals surface area (Å²) in [6, 6.07) is 5.08. The van der Waals surface area contributed by atoms with E-state index in [-0.39, 0.29) is 12.2 Å². The predicted octanol–water partition coefficient (Wildman–Crippen LogP) is 1.31. The lowest BCUT2D eigenvalue weighted by atomic mass is 10.2. The van der Waals surface area contributed by atoms with Crippen LogP contribution in [-0.4, -0.2) is 41.8 Å². The van der Waals surface area contributed by atoms with Gasteiger partial charge in [0.05, 0.1) is 13.5 Å². The van der Waals surface area contributed by atoms with Crippen LogP contribution in [0.5, 0.6) is 11.5 Å². The Bertz CT molecular complexity index is 392. The molecule has 0 saturated heterocycles. The quantitative estimate of drug-likeness (QED) is 0.783. The van der Waals surface area contributed by atoms with Gasteiger partial charge in [0.25, 0.3) is 0 Å². The highest BCUT2D eigenvalue weighted by Gasteiger charge is 2.07. The van der Waals surface area contributed by atoms with Crippen molar-refractivity contribution in [2.45, 2.75) is 13.0 Å². The molecule has 0 aromatic heterocycles. The highest BCUT2D eigenvalue weighted by molar-refractivity contribution is 5.66. The largest absolute Gasteiger partial charge is 0.507 e. The Morgan fingerprint density at radius 1 is 1.47 bits per heavy atom. The zero-order valence-electron chi connectivity index (χ0n) is 10.0. The van der Waals surface area contributed by atoms with E-state index >= 15 is 0 Å². The highest BCUT2D eigenvalue weighted by atomic mass is 16.5. The number of phenols is 1. The van der Waals surface area contributed by atoms with E-state index in [1.165, 1.54) is 7.11 Å². The molecule has 0 saturated carbocycles. The molecule has 0 atom stereocenters. The molecule has 17 heavy (non-hydrogen) atoms. The number of aliphatic carboxylic acids is 1. The van der Waals surface area contributed by atoms with Crippen LogP contribution in [0.2, 0.25) is 0 Å². The number of benzene rings is 1. The second kappa shape index (κ2) is 6.10. The molecule has 0 aliphatic rings. The molecular weight excluding hydrogens is 222 g/mol. The number of methoxy groups -OCH3 is 1. The Morgan fingerprint density at radius 2 is 2.18 bits per heavy atom. The molecule has 1 rings (SSSR count). The summed E-state index contributed by atoms with van der Waals surface area (Å²) in [5, 5.41) is 18.3. The fourth-order valence-electron chi connectivity index (χ4n) is 1.46. The Labute approximate surface area is 100 Å². The van der Waals surface area contributed by atoms with Crippen molar-refractivity contribution in [3.05, 3.63) is 23.8 Å². The van der Waals surface area contributed by atoms with Gasteiger partial charge in [-0.3, -0.25) is 4.79 Å². The standard InChI is InChI=1S/C12H17NO4/c1-13(6-5-12(15)16)8-9-3-4-10(17-2)7-11(9)14/h3-4,7,14H,5-6,8H2,1-2H3,(H,15,16). The fraction of sp³-hybridized carbons (Fsp3) is 0.417. The maximum atomic E-state index is 10.4. The van der Waals surface area contributed by atoms with Crippen LogP contribution in [0.3, 0.4) is 0 Å². The molecule has 2 N–H and O–H groups in total. The summed E-state index contributed by atoms with van der Waals surface area (Å²) < 4.78 is 4.98. The van der Waals surface area contributed by atoms with Crippen molar-refractivity contribution in [2.75, 3.05) is 20.7 Å². The molecule has 0 aliphatic heterocycles. The number of carboxylic acid groups (broad SMARTS) is 1. The van der Waals surface area contributed by atoms with E-state index in [9.17, 15) is 9.90 Å². The van der Waals surface area contributed by atoms with E-state index in [1.807, 2.05) is 11.9 Å². The van der Waals surface area contributed by atoms with Gasteiger partial charge in [-0.05, 0) is 13.1 Å². The van der Waals surface area contributed by atoms with Gasteiger partial charge in [-0.25, -0.2) is 0 Å². The number of ether oxygens (including phenoxy) is 1. The van der Waals surface area contributed by atoms with Crippen LogP contribution in [0, 0.1) is 0 Å². The normalized spacial score (nSPS) is 10.5. The number of carbonyl (C=O) groups is 1. The topological polar surface area (TPSA) is 70.0 Å². The summed E-state index contributed by atoms with van der Waals surface area (Å²) in [7, 11) is 3.35. The first-order valence-electron chi connectivity index (χ1n) is 5.29. The first kappa shape index (κ1) is 13.3. The number of nitrogens with zero attached hydrogens (tertiary/aromatic N) is 1. The van der Waals surface area contributed by atoms with Gasteiger partial charge >= 0.3 is 5.97 Å². The van der Waals surface area contributed by atoms with Crippen molar-refractivity contribution >= 4 is 5.97 Å². The summed E-state index contributed by atoms with van der Waals surface area (Å²) in [4.78, 5) is 12.3. The fourth-order valence-corrected chi connectivity index (χ4v) is 1.46. The van der Waals surface area contributed by atoms with E-state index in [4.69, 9.17) is 9.84 Å². The summed E-state index contributed by atoms with van der Waals surface area (Å²) >= 11 is 0. The maximum Gasteiger partial charge on any atom is 0.304 e.